The number of sulfonamides is 1. The van der Waals surface area contributed by atoms with E-state index in [9.17, 15) is 22.0 Å². The van der Waals surface area contributed by atoms with E-state index in [2.05, 4.69) is 20.0 Å². The van der Waals surface area contributed by atoms with Gasteiger partial charge < -0.3 is 4.74 Å². The van der Waals surface area contributed by atoms with Crippen LogP contribution in [0.1, 0.15) is 12.5 Å². The topological polar surface area (TPSA) is 96.9 Å². The molecule has 10 heteroatoms. The molecule has 0 bridgehead atoms. The first kappa shape index (κ1) is 20.5. The first-order chi connectivity index (χ1) is 12.8. The fraction of sp³-hybridized carbons (Fsp3) is 0.176. The van der Waals surface area contributed by atoms with Crippen molar-refractivity contribution in [1.29, 1.82) is 0 Å². The monoisotopic (exact) mass is 397 g/mol. The summed E-state index contributed by atoms with van der Waals surface area (Å²) in [5.74, 6) is -0.811. The number of alkyl halides is 2. The van der Waals surface area contributed by atoms with Gasteiger partial charge in [-0.3, -0.25) is 4.79 Å². The lowest BCUT2D eigenvalue weighted by molar-refractivity contribution is -0.119. The summed E-state index contributed by atoms with van der Waals surface area (Å²) in [4.78, 5) is 11.8. The van der Waals surface area contributed by atoms with Gasteiger partial charge in [-0.05, 0) is 31.2 Å². The predicted octanol–water partition coefficient (Wildman–Crippen LogP) is 2.11. The number of benzene rings is 2. The number of hydrogen-bond acceptors (Lipinski definition) is 5. The van der Waals surface area contributed by atoms with E-state index in [1.165, 1.54) is 37.3 Å². The van der Waals surface area contributed by atoms with Gasteiger partial charge in [-0.1, -0.05) is 30.3 Å². The number of nitrogens with zero attached hydrogens (tertiary/aromatic N) is 1. The standard InChI is InChI=1S/C17H17F2N3O4S/c1-12(14-9-5-6-10-15(14)26-17(18)19)21-22-16(23)11-20-27(24,25)13-7-3-2-4-8-13/h2-10,17,20H,11H2,1H3,(H,22,23)/b21-12-. The molecule has 2 N–H and O–H groups in total. The molecule has 2 aromatic carbocycles. The zero-order valence-corrected chi connectivity index (χ0v) is 15.0. The van der Waals surface area contributed by atoms with Gasteiger partial charge in [-0.25, -0.2) is 18.6 Å². The van der Waals surface area contributed by atoms with Crippen LogP contribution in [0.4, 0.5) is 8.78 Å². The van der Waals surface area contributed by atoms with Gasteiger partial charge in [0.15, 0.2) is 0 Å². The van der Waals surface area contributed by atoms with Gasteiger partial charge >= 0.3 is 6.61 Å². The van der Waals surface area contributed by atoms with Gasteiger partial charge in [-0.15, -0.1) is 0 Å². The Kier molecular flexibility index (Phi) is 6.97. The molecule has 2 rings (SSSR count). The highest BCUT2D eigenvalue weighted by Crippen LogP contribution is 2.20. The van der Waals surface area contributed by atoms with Crippen LogP contribution in [0.25, 0.3) is 0 Å². The molecule has 0 atom stereocenters. The summed E-state index contributed by atoms with van der Waals surface area (Å²) in [6.07, 6.45) is 0. The van der Waals surface area contributed by atoms with Crippen LogP contribution in [0.15, 0.2) is 64.6 Å². The molecule has 0 saturated carbocycles. The summed E-state index contributed by atoms with van der Waals surface area (Å²) in [6.45, 7) is -2.05. The summed E-state index contributed by atoms with van der Waals surface area (Å²) in [5.41, 5.74) is 2.64. The van der Waals surface area contributed by atoms with Crippen molar-refractivity contribution in [3.05, 3.63) is 60.2 Å². The summed E-state index contributed by atoms with van der Waals surface area (Å²) in [6, 6.07) is 13.5. The largest absolute Gasteiger partial charge is 0.434 e. The third-order valence-corrected chi connectivity index (χ3v) is 4.73. The molecule has 0 spiro atoms. The quantitative estimate of drug-likeness (QED) is 0.527. The fourth-order valence-corrected chi connectivity index (χ4v) is 3.06. The highest BCUT2D eigenvalue weighted by Gasteiger charge is 2.15. The number of rotatable bonds is 8. The lowest BCUT2D eigenvalue weighted by Gasteiger charge is -2.10. The van der Waals surface area contributed by atoms with E-state index >= 15 is 0 Å². The molecule has 0 aromatic heterocycles. The number of ether oxygens (including phenoxy) is 1. The average molecular weight is 397 g/mol. The molecule has 0 aliphatic carbocycles. The van der Waals surface area contributed by atoms with Gasteiger partial charge in [0.05, 0.1) is 17.2 Å². The van der Waals surface area contributed by atoms with E-state index < -0.39 is 29.1 Å². The Morgan fingerprint density at radius 2 is 1.74 bits per heavy atom. The van der Waals surface area contributed by atoms with Crippen LogP contribution in [0, 0.1) is 0 Å². The van der Waals surface area contributed by atoms with Crippen molar-refractivity contribution >= 4 is 21.6 Å². The number of halogens is 2. The Morgan fingerprint density at radius 1 is 1.11 bits per heavy atom. The molecule has 0 fully saturated rings. The molecule has 0 aliphatic rings. The van der Waals surface area contributed by atoms with E-state index in [0.717, 1.165) is 0 Å². The summed E-state index contributed by atoms with van der Waals surface area (Å²) < 4.78 is 55.5. The number of hydrazone groups is 1. The highest BCUT2D eigenvalue weighted by atomic mass is 32.2. The predicted molar refractivity (Wildman–Crippen MR) is 95.1 cm³/mol. The molecular weight excluding hydrogens is 380 g/mol. The van der Waals surface area contributed by atoms with Crippen LogP contribution in [0.5, 0.6) is 5.75 Å². The van der Waals surface area contributed by atoms with Crippen LogP contribution < -0.4 is 14.9 Å². The number of carbonyl (C=O) groups is 1. The second-order valence-corrected chi connectivity index (χ2v) is 7.01. The normalized spacial score (nSPS) is 12.1. The smallest absolute Gasteiger partial charge is 0.387 e. The Hall–Kier alpha value is -2.85. The van der Waals surface area contributed by atoms with E-state index in [-0.39, 0.29) is 21.9 Å². The first-order valence-corrected chi connectivity index (χ1v) is 9.20. The van der Waals surface area contributed by atoms with Gasteiger partial charge in [0, 0.05) is 5.56 Å². The van der Waals surface area contributed by atoms with Crippen LogP contribution in [0.3, 0.4) is 0 Å². The summed E-state index contributed by atoms with van der Waals surface area (Å²) >= 11 is 0. The van der Waals surface area contributed by atoms with Crippen LogP contribution >= 0.6 is 0 Å². The minimum absolute atomic E-state index is 0.0237. The van der Waals surface area contributed by atoms with Crippen molar-refractivity contribution in [3.63, 3.8) is 0 Å². The van der Waals surface area contributed by atoms with Crippen LogP contribution in [-0.2, 0) is 14.8 Å². The van der Waals surface area contributed by atoms with Gasteiger partial charge in [0.2, 0.25) is 10.0 Å². The minimum atomic E-state index is -3.83. The van der Waals surface area contributed by atoms with Gasteiger partial charge in [-0.2, -0.15) is 13.9 Å². The molecule has 0 radical (unpaired) electrons. The minimum Gasteiger partial charge on any atom is -0.434 e. The molecule has 7 nitrogen and oxygen atoms in total. The average Bonchev–Trinajstić information content (AvgIpc) is 2.65. The number of nitrogens with one attached hydrogen (secondary N) is 2. The van der Waals surface area contributed by atoms with E-state index in [1.807, 2.05) is 0 Å². The van der Waals surface area contributed by atoms with Crippen molar-refractivity contribution in [2.24, 2.45) is 5.10 Å². The molecule has 0 aliphatic heterocycles. The van der Waals surface area contributed by atoms with Crippen molar-refractivity contribution in [3.8, 4) is 5.75 Å². The van der Waals surface area contributed by atoms with E-state index in [1.54, 1.807) is 24.3 Å². The molecular formula is C17H17F2N3O4S. The number of carbonyl (C=O) groups excluding carboxylic acids is 1. The van der Waals surface area contributed by atoms with Gasteiger partial charge in [0.1, 0.15) is 5.75 Å². The van der Waals surface area contributed by atoms with Crippen LogP contribution in [0.2, 0.25) is 0 Å². The third-order valence-electron chi connectivity index (χ3n) is 3.32. The molecule has 0 unspecified atom stereocenters. The fourth-order valence-electron chi connectivity index (χ4n) is 2.05. The highest BCUT2D eigenvalue weighted by molar-refractivity contribution is 7.89. The molecule has 0 saturated heterocycles. The Bertz CT molecular complexity index is 919. The Labute approximate surface area is 155 Å². The van der Waals surface area contributed by atoms with Gasteiger partial charge in [0.25, 0.3) is 5.91 Å². The zero-order valence-electron chi connectivity index (χ0n) is 14.2. The van der Waals surface area contributed by atoms with Crippen LogP contribution in [-0.4, -0.2) is 33.2 Å². The van der Waals surface area contributed by atoms with Crippen molar-refractivity contribution in [1.82, 2.24) is 10.1 Å². The van der Waals surface area contributed by atoms with E-state index in [0.29, 0.717) is 0 Å². The van der Waals surface area contributed by atoms with Crippen molar-refractivity contribution < 1.29 is 26.7 Å². The van der Waals surface area contributed by atoms with E-state index in [4.69, 9.17) is 0 Å². The SMILES string of the molecule is C/C(=N/NC(=O)CNS(=O)(=O)c1ccccc1)c1ccccc1OC(F)F. The first-order valence-electron chi connectivity index (χ1n) is 7.71. The second kappa shape index (κ2) is 9.19. The Morgan fingerprint density at radius 3 is 2.41 bits per heavy atom. The lowest BCUT2D eigenvalue weighted by atomic mass is 10.1. The molecule has 0 heterocycles. The molecule has 27 heavy (non-hydrogen) atoms. The summed E-state index contributed by atoms with van der Waals surface area (Å²) in [5, 5.41) is 3.79. The summed E-state index contributed by atoms with van der Waals surface area (Å²) in [7, 11) is -3.83. The number of hydrogen-bond donors (Lipinski definition) is 2. The zero-order chi connectivity index (χ0) is 19.9. The Balaban J connectivity index is 1.99. The number of para-hydroxylation sites is 1. The maximum atomic E-state index is 12.4. The second-order valence-electron chi connectivity index (χ2n) is 5.24. The van der Waals surface area contributed by atoms with Crippen molar-refractivity contribution in [2.75, 3.05) is 6.54 Å². The lowest BCUT2D eigenvalue weighted by Crippen LogP contribution is -2.35. The molecule has 144 valence electrons. The maximum absolute atomic E-state index is 12.4. The molecule has 1 amide bonds. The third kappa shape index (κ3) is 6.12. The number of amides is 1. The maximum Gasteiger partial charge on any atom is 0.387 e. The molecule has 2 aromatic rings. The van der Waals surface area contributed by atoms with Crippen molar-refractivity contribution in [2.45, 2.75) is 18.4 Å².